The molecule has 2 aromatic rings. The van der Waals surface area contributed by atoms with Crippen molar-refractivity contribution in [1.82, 2.24) is 10.0 Å². The Balaban J connectivity index is 2.68. The highest BCUT2D eigenvalue weighted by molar-refractivity contribution is 6.40. The Kier molecular flexibility index (Phi) is 3.13. The van der Waals surface area contributed by atoms with Gasteiger partial charge < -0.3 is 10.2 Å². The number of H-pyrrole nitrogens is 1. The predicted molar refractivity (Wildman–Crippen MR) is 66.3 cm³/mol. The molecule has 2 rings (SSSR count). The van der Waals surface area contributed by atoms with E-state index in [1.807, 2.05) is 13.1 Å². The molecule has 1 atom stereocenters. The Bertz CT molecular complexity index is 522. The van der Waals surface area contributed by atoms with Gasteiger partial charge in [0.15, 0.2) is 0 Å². The zero-order valence-electron chi connectivity index (χ0n) is 8.96. The van der Waals surface area contributed by atoms with E-state index in [9.17, 15) is 5.21 Å². The van der Waals surface area contributed by atoms with Crippen molar-refractivity contribution < 1.29 is 5.21 Å². The maximum absolute atomic E-state index is 9.46. The van der Waals surface area contributed by atoms with Crippen LogP contribution in [-0.4, -0.2) is 22.3 Å². The van der Waals surface area contributed by atoms with E-state index in [0.29, 0.717) is 10.0 Å². The molecular weight excluding hydrogens is 247 g/mol. The number of fused-ring (bicyclic) bond motifs is 1. The number of hydrogen-bond donors (Lipinski definition) is 2. The molecule has 0 spiro atoms. The van der Waals surface area contributed by atoms with Crippen molar-refractivity contribution in [2.75, 3.05) is 7.05 Å². The summed E-state index contributed by atoms with van der Waals surface area (Å²) in [6, 6.07) is 3.36. The third kappa shape index (κ3) is 1.80. The van der Waals surface area contributed by atoms with Gasteiger partial charge in [0.2, 0.25) is 0 Å². The molecule has 5 heteroatoms. The molecule has 0 bridgehead atoms. The molecule has 0 saturated carbocycles. The molecule has 0 radical (unpaired) electrons. The molecule has 3 nitrogen and oxygen atoms in total. The molecule has 86 valence electrons. The summed E-state index contributed by atoms with van der Waals surface area (Å²) in [6.45, 7) is 1.89. The van der Waals surface area contributed by atoms with Gasteiger partial charge in [-0.2, -0.15) is 5.06 Å². The fourth-order valence-electron chi connectivity index (χ4n) is 1.73. The zero-order chi connectivity index (χ0) is 11.9. The molecule has 0 saturated heterocycles. The van der Waals surface area contributed by atoms with Crippen LogP contribution < -0.4 is 0 Å². The average Bonchev–Trinajstić information content (AvgIpc) is 2.67. The lowest BCUT2D eigenvalue weighted by molar-refractivity contribution is -0.0980. The van der Waals surface area contributed by atoms with Crippen molar-refractivity contribution in [3.05, 3.63) is 33.9 Å². The summed E-state index contributed by atoms with van der Waals surface area (Å²) in [6.07, 6.45) is 1.82. The third-order valence-corrected chi connectivity index (χ3v) is 3.40. The number of aromatic amines is 1. The van der Waals surface area contributed by atoms with Gasteiger partial charge in [-0.05, 0) is 24.6 Å². The summed E-state index contributed by atoms with van der Waals surface area (Å²) in [5.74, 6) is 0. The van der Waals surface area contributed by atoms with Crippen molar-refractivity contribution in [2.45, 2.75) is 13.0 Å². The topological polar surface area (TPSA) is 39.3 Å². The van der Waals surface area contributed by atoms with Gasteiger partial charge in [0, 0.05) is 18.6 Å². The molecule has 16 heavy (non-hydrogen) atoms. The molecular formula is C11H12Cl2N2O. The van der Waals surface area contributed by atoms with Gasteiger partial charge in [0.1, 0.15) is 0 Å². The highest BCUT2D eigenvalue weighted by atomic mass is 35.5. The lowest BCUT2D eigenvalue weighted by Crippen LogP contribution is -2.17. The van der Waals surface area contributed by atoms with Crippen LogP contribution in [0, 0.1) is 0 Å². The monoisotopic (exact) mass is 258 g/mol. The van der Waals surface area contributed by atoms with Crippen LogP contribution in [0.5, 0.6) is 0 Å². The Hall–Kier alpha value is -0.740. The standard InChI is InChI=1S/C11H12Cl2N2O/c1-6(15(2)16)7-5-14-11-9(13)4-3-8(12)10(7)11/h3-6,14,16H,1-2H3. The first-order valence-corrected chi connectivity index (χ1v) is 5.64. The SMILES string of the molecule is CC(c1c[nH]c2c(Cl)ccc(Cl)c12)N(C)O. The smallest absolute Gasteiger partial charge is 0.0661 e. The number of halogens is 2. The van der Waals surface area contributed by atoms with Gasteiger partial charge in [-0.15, -0.1) is 0 Å². The van der Waals surface area contributed by atoms with Crippen LogP contribution in [0.1, 0.15) is 18.5 Å². The minimum atomic E-state index is -0.148. The van der Waals surface area contributed by atoms with Crippen LogP contribution in [0.3, 0.4) is 0 Å². The summed E-state index contributed by atoms with van der Waals surface area (Å²) in [5.41, 5.74) is 1.73. The van der Waals surface area contributed by atoms with Gasteiger partial charge in [-0.25, -0.2) is 0 Å². The van der Waals surface area contributed by atoms with Crippen LogP contribution in [0.25, 0.3) is 10.9 Å². The van der Waals surface area contributed by atoms with Crippen LogP contribution in [0.2, 0.25) is 10.0 Å². The van der Waals surface area contributed by atoms with E-state index in [1.165, 1.54) is 0 Å². The zero-order valence-corrected chi connectivity index (χ0v) is 10.5. The lowest BCUT2D eigenvalue weighted by atomic mass is 10.1. The fraction of sp³-hybridized carbons (Fsp3) is 0.273. The number of hydroxylamine groups is 2. The van der Waals surface area contributed by atoms with E-state index in [4.69, 9.17) is 23.2 Å². The van der Waals surface area contributed by atoms with Crippen molar-refractivity contribution in [1.29, 1.82) is 0 Å². The van der Waals surface area contributed by atoms with Gasteiger partial charge in [0.25, 0.3) is 0 Å². The molecule has 1 heterocycles. The maximum Gasteiger partial charge on any atom is 0.0661 e. The van der Waals surface area contributed by atoms with E-state index in [2.05, 4.69) is 4.98 Å². The number of nitrogens with one attached hydrogen (secondary N) is 1. The summed E-state index contributed by atoms with van der Waals surface area (Å²) < 4.78 is 0. The number of aromatic nitrogens is 1. The van der Waals surface area contributed by atoms with E-state index >= 15 is 0 Å². The number of benzene rings is 1. The average molecular weight is 259 g/mol. The molecule has 1 aromatic heterocycles. The van der Waals surface area contributed by atoms with Gasteiger partial charge in [0.05, 0.1) is 21.6 Å². The second kappa shape index (κ2) is 4.26. The van der Waals surface area contributed by atoms with Crippen molar-refractivity contribution in [3.63, 3.8) is 0 Å². The van der Waals surface area contributed by atoms with Crippen LogP contribution in [-0.2, 0) is 0 Å². The minimum absolute atomic E-state index is 0.148. The molecule has 0 amide bonds. The molecule has 1 aromatic carbocycles. The third-order valence-electron chi connectivity index (χ3n) is 2.77. The van der Waals surface area contributed by atoms with Crippen LogP contribution >= 0.6 is 23.2 Å². The highest BCUT2D eigenvalue weighted by Crippen LogP contribution is 2.35. The van der Waals surface area contributed by atoms with Crippen molar-refractivity contribution in [3.8, 4) is 0 Å². The summed E-state index contributed by atoms with van der Waals surface area (Å²) >= 11 is 12.2. The number of rotatable bonds is 2. The first kappa shape index (κ1) is 11.7. The Morgan fingerprint density at radius 3 is 2.56 bits per heavy atom. The maximum atomic E-state index is 9.46. The Morgan fingerprint density at radius 2 is 1.94 bits per heavy atom. The highest BCUT2D eigenvalue weighted by Gasteiger charge is 2.17. The largest absolute Gasteiger partial charge is 0.360 e. The van der Waals surface area contributed by atoms with Crippen LogP contribution in [0.4, 0.5) is 0 Å². The van der Waals surface area contributed by atoms with Crippen molar-refractivity contribution in [2.24, 2.45) is 0 Å². The number of hydrogen-bond acceptors (Lipinski definition) is 2. The fourth-order valence-corrected chi connectivity index (χ4v) is 2.21. The molecule has 1 unspecified atom stereocenters. The molecule has 0 fully saturated rings. The molecule has 2 N–H and O–H groups in total. The number of nitrogens with zero attached hydrogens (tertiary/aromatic N) is 1. The minimum Gasteiger partial charge on any atom is -0.360 e. The second-order valence-electron chi connectivity index (χ2n) is 3.77. The van der Waals surface area contributed by atoms with Crippen molar-refractivity contribution >= 4 is 34.1 Å². The summed E-state index contributed by atoms with van der Waals surface area (Å²) in [4.78, 5) is 3.08. The quantitative estimate of drug-likeness (QED) is 0.804. The first-order chi connectivity index (χ1) is 7.52. The Morgan fingerprint density at radius 1 is 1.31 bits per heavy atom. The van der Waals surface area contributed by atoms with Gasteiger partial charge in [-0.3, -0.25) is 0 Å². The van der Waals surface area contributed by atoms with E-state index in [0.717, 1.165) is 21.5 Å². The van der Waals surface area contributed by atoms with Crippen LogP contribution in [0.15, 0.2) is 18.3 Å². The molecule has 0 aliphatic carbocycles. The van der Waals surface area contributed by atoms with E-state index < -0.39 is 0 Å². The van der Waals surface area contributed by atoms with E-state index in [1.54, 1.807) is 19.2 Å². The van der Waals surface area contributed by atoms with Gasteiger partial charge in [-0.1, -0.05) is 23.2 Å². The normalized spacial score (nSPS) is 13.6. The first-order valence-electron chi connectivity index (χ1n) is 4.89. The lowest BCUT2D eigenvalue weighted by Gasteiger charge is -2.17. The van der Waals surface area contributed by atoms with Gasteiger partial charge >= 0.3 is 0 Å². The van der Waals surface area contributed by atoms with E-state index in [-0.39, 0.29) is 6.04 Å². The molecule has 0 aliphatic rings. The summed E-state index contributed by atoms with van der Waals surface area (Å²) in [7, 11) is 1.60. The molecule has 0 aliphatic heterocycles. The summed E-state index contributed by atoms with van der Waals surface area (Å²) in [5, 5.41) is 12.7. The Labute approximate surface area is 104 Å². The second-order valence-corrected chi connectivity index (χ2v) is 4.59. The predicted octanol–water partition coefficient (Wildman–Crippen LogP) is 3.86.